The number of ether oxygens (including phenoxy) is 2. The van der Waals surface area contributed by atoms with Gasteiger partial charge in [0.1, 0.15) is 18.1 Å². The van der Waals surface area contributed by atoms with Crippen molar-refractivity contribution in [3.8, 4) is 11.5 Å². The maximum Gasteiger partial charge on any atom is 0.255 e. The quantitative estimate of drug-likeness (QED) is 0.727. The zero-order valence-corrected chi connectivity index (χ0v) is 16.9. The number of aromatic nitrogens is 1. The lowest BCUT2D eigenvalue weighted by Gasteiger charge is -2.30. The summed E-state index contributed by atoms with van der Waals surface area (Å²) in [6.45, 7) is 4.37. The van der Waals surface area contributed by atoms with E-state index in [2.05, 4.69) is 17.2 Å². The van der Waals surface area contributed by atoms with Crippen LogP contribution >= 0.6 is 0 Å². The van der Waals surface area contributed by atoms with Gasteiger partial charge in [0.05, 0.1) is 24.8 Å². The first-order chi connectivity index (χ1) is 14.1. The molecule has 3 rings (SSSR count). The average molecular weight is 397 g/mol. The Morgan fingerprint density at radius 3 is 2.45 bits per heavy atom. The lowest BCUT2D eigenvalue weighted by Crippen LogP contribution is -2.38. The number of pyridine rings is 1. The van der Waals surface area contributed by atoms with Crippen molar-refractivity contribution in [1.29, 1.82) is 0 Å². The van der Waals surface area contributed by atoms with Gasteiger partial charge in [-0.1, -0.05) is 6.92 Å². The van der Waals surface area contributed by atoms with E-state index < -0.39 is 0 Å². The minimum absolute atomic E-state index is 0.0677. The molecular weight excluding hydrogens is 370 g/mol. The van der Waals surface area contributed by atoms with Gasteiger partial charge >= 0.3 is 0 Å². The van der Waals surface area contributed by atoms with Crippen molar-refractivity contribution >= 4 is 11.8 Å². The fourth-order valence-corrected chi connectivity index (χ4v) is 3.18. The summed E-state index contributed by atoms with van der Waals surface area (Å²) in [7, 11) is 1.61. The Morgan fingerprint density at radius 1 is 1.10 bits per heavy atom. The largest absolute Gasteiger partial charge is 0.497 e. The van der Waals surface area contributed by atoms with Crippen LogP contribution in [0.3, 0.4) is 0 Å². The van der Waals surface area contributed by atoms with Gasteiger partial charge < -0.3 is 19.7 Å². The predicted octanol–water partition coefficient (Wildman–Crippen LogP) is 2.77. The maximum absolute atomic E-state index is 12.7. The molecule has 1 aliphatic rings. The third-order valence-corrected chi connectivity index (χ3v) is 5.03. The fraction of sp³-hybridized carbons (Fsp3) is 0.409. The highest BCUT2D eigenvalue weighted by molar-refractivity contribution is 5.99. The van der Waals surface area contributed by atoms with Gasteiger partial charge in [-0.3, -0.25) is 14.6 Å². The maximum atomic E-state index is 12.7. The lowest BCUT2D eigenvalue weighted by molar-refractivity contribution is 0.0697. The number of likely N-dealkylation sites (tertiary alicyclic amines) is 1. The molecule has 29 heavy (non-hydrogen) atoms. The SMILES string of the molecule is COc1ccc(OCCNC(=O)c2cncc(C(=O)N3CCC(C)CC3)c2)cc1. The summed E-state index contributed by atoms with van der Waals surface area (Å²) >= 11 is 0. The highest BCUT2D eigenvalue weighted by atomic mass is 16.5. The summed E-state index contributed by atoms with van der Waals surface area (Å²) in [5.41, 5.74) is 0.812. The smallest absolute Gasteiger partial charge is 0.255 e. The average Bonchev–Trinajstić information content (AvgIpc) is 2.77. The summed E-state index contributed by atoms with van der Waals surface area (Å²) in [6.07, 6.45) is 5.00. The van der Waals surface area contributed by atoms with Crippen LogP contribution in [0.4, 0.5) is 0 Å². The minimum atomic E-state index is -0.280. The monoisotopic (exact) mass is 397 g/mol. The topological polar surface area (TPSA) is 80.8 Å². The van der Waals surface area contributed by atoms with Crippen molar-refractivity contribution in [2.45, 2.75) is 19.8 Å². The van der Waals surface area contributed by atoms with Gasteiger partial charge in [-0.05, 0) is 49.1 Å². The number of rotatable bonds is 7. The van der Waals surface area contributed by atoms with E-state index in [1.807, 2.05) is 17.0 Å². The molecule has 1 fully saturated rings. The summed E-state index contributed by atoms with van der Waals surface area (Å²) in [4.78, 5) is 31.0. The number of nitrogens with one attached hydrogen (secondary N) is 1. The number of piperidine rings is 1. The van der Waals surface area contributed by atoms with Gasteiger partial charge in [-0.25, -0.2) is 0 Å². The van der Waals surface area contributed by atoms with Crippen LogP contribution < -0.4 is 14.8 Å². The van der Waals surface area contributed by atoms with Crippen molar-refractivity contribution in [3.63, 3.8) is 0 Å². The van der Waals surface area contributed by atoms with Crippen molar-refractivity contribution < 1.29 is 19.1 Å². The van der Waals surface area contributed by atoms with Crippen molar-refractivity contribution in [1.82, 2.24) is 15.2 Å². The number of methoxy groups -OCH3 is 1. The van der Waals surface area contributed by atoms with Crippen LogP contribution in [0.25, 0.3) is 0 Å². The van der Waals surface area contributed by atoms with E-state index in [1.54, 1.807) is 25.3 Å². The molecule has 0 aliphatic carbocycles. The molecule has 7 nitrogen and oxygen atoms in total. The van der Waals surface area contributed by atoms with E-state index >= 15 is 0 Å². The Morgan fingerprint density at radius 2 is 1.76 bits per heavy atom. The van der Waals surface area contributed by atoms with Gasteiger partial charge in [-0.2, -0.15) is 0 Å². The second-order valence-electron chi connectivity index (χ2n) is 7.22. The number of benzene rings is 1. The van der Waals surface area contributed by atoms with Crippen molar-refractivity contribution in [3.05, 3.63) is 53.9 Å². The van der Waals surface area contributed by atoms with Crippen LogP contribution in [0.2, 0.25) is 0 Å². The van der Waals surface area contributed by atoms with Crippen LogP contribution in [-0.2, 0) is 0 Å². The highest BCUT2D eigenvalue weighted by Crippen LogP contribution is 2.18. The Bertz CT molecular complexity index is 830. The number of carbonyl (C=O) groups excluding carboxylic acids is 2. The second kappa shape index (κ2) is 9.91. The molecule has 7 heteroatoms. The van der Waals surface area contributed by atoms with Crippen LogP contribution in [0.1, 0.15) is 40.5 Å². The zero-order chi connectivity index (χ0) is 20.6. The number of nitrogens with zero attached hydrogens (tertiary/aromatic N) is 2. The van der Waals surface area contributed by atoms with Gasteiger partial charge in [0.2, 0.25) is 0 Å². The first-order valence-electron chi connectivity index (χ1n) is 9.86. The highest BCUT2D eigenvalue weighted by Gasteiger charge is 2.22. The van der Waals surface area contributed by atoms with Crippen molar-refractivity contribution in [2.75, 3.05) is 33.4 Å². The van der Waals surface area contributed by atoms with Gasteiger partial charge in [0.15, 0.2) is 0 Å². The number of hydrogen-bond donors (Lipinski definition) is 1. The number of amides is 2. The Labute approximate surface area is 171 Å². The molecule has 1 N–H and O–H groups in total. The molecule has 2 heterocycles. The van der Waals surface area contributed by atoms with Crippen LogP contribution in [0, 0.1) is 5.92 Å². The van der Waals surface area contributed by atoms with Crippen LogP contribution in [0.15, 0.2) is 42.7 Å². The third-order valence-electron chi connectivity index (χ3n) is 5.03. The van der Waals surface area contributed by atoms with E-state index in [9.17, 15) is 9.59 Å². The predicted molar refractivity (Wildman–Crippen MR) is 109 cm³/mol. The fourth-order valence-electron chi connectivity index (χ4n) is 3.18. The van der Waals surface area contributed by atoms with Crippen molar-refractivity contribution in [2.24, 2.45) is 5.92 Å². The van der Waals surface area contributed by atoms with E-state index in [0.29, 0.717) is 35.9 Å². The van der Waals surface area contributed by atoms with E-state index in [-0.39, 0.29) is 11.8 Å². The van der Waals surface area contributed by atoms with E-state index in [1.165, 1.54) is 12.4 Å². The number of hydrogen-bond acceptors (Lipinski definition) is 5. The molecule has 2 amide bonds. The summed E-state index contributed by atoms with van der Waals surface area (Å²) in [6, 6.07) is 8.84. The number of carbonyl (C=O) groups is 2. The van der Waals surface area contributed by atoms with Gasteiger partial charge in [0, 0.05) is 25.5 Å². The normalized spacial score (nSPS) is 14.3. The molecule has 2 aromatic rings. The molecule has 0 saturated carbocycles. The zero-order valence-electron chi connectivity index (χ0n) is 16.9. The summed E-state index contributed by atoms with van der Waals surface area (Å²) < 4.78 is 10.7. The molecule has 0 radical (unpaired) electrons. The third kappa shape index (κ3) is 5.70. The Balaban J connectivity index is 1.49. The standard InChI is InChI=1S/C22H27N3O4/c1-16-7-10-25(11-8-16)22(27)18-13-17(14-23-15-18)21(26)24-9-12-29-20-5-3-19(28-2)4-6-20/h3-6,13-16H,7-12H2,1-2H3,(H,24,26). The molecular formula is C22H27N3O4. The molecule has 1 aromatic heterocycles. The molecule has 1 saturated heterocycles. The molecule has 1 aromatic carbocycles. The first kappa shape index (κ1) is 20.6. The molecule has 1 aliphatic heterocycles. The summed E-state index contributed by atoms with van der Waals surface area (Å²) in [5, 5.41) is 2.79. The molecule has 0 bridgehead atoms. The minimum Gasteiger partial charge on any atom is -0.497 e. The van der Waals surface area contributed by atoms with Gasteiger partial charge in [-0.15, -0.1) is 0 Å². The van der Waals surface area contributed by atoms with E-state index in [4.69, 9.17) is 9.47 Å². The Hall–Kier alpha value is -3.09. The van der Waals surface area contributed by atoms with Crippen LogP contribution in [0.5, 0.6) is 11.5 Å². The molecule has 0 unspecified atom stereocenters. The summed E-state index contributed by atoms with van der Waals surface area (Å²) in [5.74, 6) is 1.76. The Kier molecular flexibility index (Phi) is 7.05. The molecule has 0 atom stereocenters. The molecule has 0 spiro atoms. The lowest BCUT2D eigenvalue weighted by atomic mass is 9.98. The second-order valence-corrected chi connectivity index (χ2v) is 7.22. The van der Waals surface area contributed by atoms with Crippen LogP contribution in [-0.4, -0.2) is 55.0 Å². The first-order valence-corrected chi connectivity index (χ1v) is 9.86. The van der Waals surface area contributed by atoms with E-state index in [0.717, 1.165) is 31.7 Å². The molecule has 154 valence electrons. The van der Waals surface area contributed by atoms with Gasteiger partial charge in [0.25, 0.3) is 11.8 Å².